The first-order valence-corrected chi connectivity index (χ1v) is 8.41. The molecule has 1 saturated carbocycles. The van der Waals surface area contributed by atoms with E-state index in [9.17, 15) is 4.79 Å². The second kappa shape index (κ2) is 5.40. The van der Waals surface area contributed by atoms with E-state index < -0.39 is 0 Å². The summed E-state index contributed by atoms with van der Waals surface area (Å²) in [7, 11) is 0. The van der Waals surface area contributed by atoms with E-state index in [2.05, 4.69) is 4.99 Å². The van der Waals surface area contributed by atoms with Crippen molar-refractivity contribution >= 4 is 40.8 Å². The van der Waals surface area contributed by atoms with Gasteiger partial charge in [0.15, 0.2) is 0 Å². The zero-order valence-corrected chi connectivity index (χ0v) is 13.8. The number of aliphatic imine (C=N–C) groups is 1. The molecule has 1 aromatic rings. The van der Waals surface area contributed by atoms with Crippen LogP contribution in [0, 0.1) is 17.4 Å². The summed E-state index contributed by atoms with van der Waals surface area (Å²) in [6.07, 6.45) is 6.07. The van der Waals surface area contributed by atoms with Crippen molar-refractivity contribution in [3.63, 3.8) is 0 Å². The van der Waals surface area contributed by atoms with Crippen LogP contribution >= 0.6 is 23.2 Å². The Morgan fingerprint density at radius 3 is 2.57 bits per heavy atom. The number of halogens is 2. The number of benzene rings is 1. The standard InChI is InChI=1S/C16H14Cl2N4O/c17-12-6-5-11(7-13(12)18)22-15(23)14-9-1-3-10(4-2-9)21(14)16(22)20-8-19/h5-7,9-10,14H,1-4H2/t9?,10?,14-/m1/s1. The number of amides is 1. The Morgan fingerprint density at radius 2 is 1.91 bits per heavy atom. The lowest BCUT2D eigenvalue weighted by atomic mass is 9.75. The van der Waals surface area contributed by atoms with Crippen LogP contribution in [-0.4, -0.2) is 28.9 Å². The highest BCUT2D eigenvalue weighted by Gasteiger charge is 2.55. The molecule has 1 aromatic carbocycles. The number of hydrogen-bond donors (Lipinski definition) is 0. The number of guanidine groups is 1. The van der Waals surface area contributed by atoms with Crippen LogP contribution in [0.4, 0.5) is 5.69 Å². The largest absolute Gasteiger partial charge is 0.326 e. The Balaban J connectivity index is 1.82. The molecule has 23 heavy (non-hydrogen) atoms. The Kier molecular flexibility index (Phi) is 3.47. The molecular weight excluding hydrogens is 335 g/mol. The van der Waals surface area contributed by atoms with E-state index in [0.29, 0.717) is 27.6 Å². The minimum atomic E-state index is -0.205. The first-order valence-electron chi connectivity index (χ1n) is 7.66. The maximum atomic E-state index is 13.0. The number of nitrogens with zero attached hydrogens (tertiary/aromatic N) is 4. The van der Waals surface area contributed by atoms with Crippen LogP contribution in [0.25, 0.3) is 0 Å². The second-order valence-corrected chi connectivity index (χ2v) is 7.02. The quantitative estimate of drug-likeness (QED) is 0.730. The number of rotatable bonds is 1. The minimum Gasteiger partial charge on any atom is -0.326 e. The summed E-state index contributed by atoms with van der Waals surface area (Å²) in [6, 6.07) is 5.12. The van der Waals surface area contributed by atoms with E-state index in [-0.39, 0.29) is 18.0 Å². The van der Waals surface area contributed by atoms with Crippen LogP contribution in [0.3, 0.4) is 0 Å². The summed E-state index contributed by atoms with van der Waals surface area (Å²) in [6.45, 7) is 0. The summed E-state index contributed by atoms with van der Waals surface area (Å²) in [5.74, 6) is 0.742. The number of carbonyl (C=O) groups excluding carboxylic acids is 1. The van der Waals surface area contributed by atoms with Crippen molar-refractivity contribution in [1.82, 2.24) is 4.90 Å². The summed E-state index contributed by atoms with van der Waals surface area (Å²) in [4.78, 5) is 20.6. The Bertz CT molecular complexity index is 749. The number of piperidine rings is 2. The first kappa shape index (κ1) is 14.8. The molecule has 2 bridgehead atoms. The van der Waals surface area contributed by atoms with Gasteiger partial charge in [-0.3, -0.25) is 4.79 Å². The Labute approximate surface area is 144 Å². The van der Waals surface area contributed by atoms with Crippen molar-refractivity contribution in [1.29, 1.82) is 5.26 Å². The highest BCUT2D eigenvalue weighted by Crippen LogP contribution is 2.45. The van der Waals surface area contributed by atoms with Gasteiger partial charge in [0.2, 0.25) is 12.2 Å². The van der Waals surface area contributed by atoms with Crippen molar-refractivity contribution in [2.75, 3.05) is 4.90 Å². The molecule has 3 saturated heterocycles. The average molecular weight is 349 g/mol. The van der Waals surface area contributed by atoms with Crippen LogP contribution in [-0.2, 0) is 4.79 Å². The maximum Gasteiger partial charge on any atom is 0.257 e. The third-order valence-electron chi connectivity index (χ3n) is 5.10. The van der Waals surface area contributed by atoms with Crippen LogP contribution in [0.1, 0.15) is 25.7 Å². The van der Waals surface area contributed by atoms with Crippen LogP contribution in [0.5, 0.6) is 0 Å². The molecule has 0 radical (unpaired) electrons. The highest BCUT2D eigenvalue weighted by molar-refractivity contribution is 6.42. The summed E-state index contributed by atoms with van der Waals surface area (Å²) in [5, 5.41) is 9.89. The molecule has 5 rings (SSSR count). The van der Waals surface area contributed by atoms with E-state index in [1.54, 1.807) is 18.2 Å². The normalized spacial score (nSPS) is 30.7. The van der Waals surface area contributed by atoms with Crippen molar-refractivity contribution in [2.45, 2.75) is 37.8 Å². The lowest BCUT2D eigenvalue weighted by molar-refractivity contribution is -0.124. The third kappa shape index (κ3) is 2.13. The van der Waals surface area contributed by atoms with Crippen LogP contribution in [0.2, 0.25) is 10.0 Å². The lowest BCUT2D eigenvalue weighted by Gasteiger charge is -2.46. The van der Waals surface area contributed by atoms with Crippen LogP contribution < -0.4 is 4.90 Å². The molecule has 118 valence electrons. The topological polar surface area (TPSA) is 59.7 Å². The lowest BCUT2D eigenvalue weighted by Crippen LogP contribution is -2.55. The Morgan fingerprint density at radius 1 is 1.17 bits per heavy atom. The van der Waals surface area contributed by atoms with Gasteiger partial charge >= 0.3 is 0 Å². The van der Waals surface area contributed by atoms with Gasteiger partial charge in [-0.05, 0) is 49.8 Å². The van der Waals surface area contributed by atoms with Gasteiger partial charge in [-0.2, -0.15) is 5.26 Å². The fourth-order valence-corrected chi connectivity index (χ4v) is 4.42. The molecule has 0 N–H and O–H groups in total. The number of nitriles is 1. The predicted molar refractivity (Wildman–Crippen MR) is 88.4 cm³/mol. The molecule has 0 aromatic heterocycles. The van der Waals surface area contributed by atoms with Crippen molar-refractivity contribution < 1.29 is 4.79 Å². The molecule has 0 unspecified atom stereocenters. The number of fused-ring (bicyclic) bond motifs is 2. The van der Waals surface area contributed by atoms with Crippen molar-refractivity contribution in [3.8, 4) is 6.19 Å². The molecule has 0 spiro atoms. The van der Waals surface area contributed by atoms with E-state index in [1.165, 1.54) is 4.90 Å². The van der Waals surface area contributed by atoms with Gasteiger partial charge in [-0.1, -0.05) is 23.2 Å². The molecule has 3 heterocycles. The van der Waals surface area contributed by atoms with Gasteiger partial charge in [-0.25, -0.2) is 4.90 Å². The fourth-order valence-electron chi connectivity index (χ4n) is 4.12. The molecule has 5 nitrogen and oxygen atoms in total. The van der Waals surface area contributed by atoms with E-state index in [4.69, 9.17) is 28.5 Å². The van der Waals surface area contributed by atoms with Crippen LogP contribution in [0.15, 0.2) is 23.2 Å². The molecule has 4 aliphatic rings. The van der Waals surface area contributed by atoms with E-state index in [0.717, 1.165) is 25.7 Å². The zero-order chi connectivity index (χ0) is 16.1. The van der Waals surface area contributed by atoms with Crippen molar-refractivity contribution in [3.05, 3.63) is 28.2 Å². The monoisotopic (exact) mass is 348 g/mol. The first-order chi connectivity index (χ1) is 11.1. The zero-order valence-electron chi connectivity index (χ0n) is 12.2. The average Bonchev–Trinajstić information content (AvgIpc) is 2.87. The minimum absolute atomic E-state index is 0.0215. The molecule has 3 aliphatic heterocycles. The second-order valence-electron chi connectivity index (χ2n) is 6.20. The van der Waals surface area contributed by atoms with E-state index >= 15 is 0 Å². The highest BCUT2D eigenvalue weighted by atomic mass is 35.5. The molecule has 1 amide bonds. The van der Waals surface area contributed by atoms with Gasteiger partial charge in [0.05, 0.1) is 15.7 Å². The SMILES string of the molecule is N#CN=C1N(c2ccc(Cl)c(Cl)c2)C(=O)[C@H]2C3CCC(CC3)N12. The third-order valence-corrected chi connectivity index (χ3v) is 5.84. The van der Waals surface area contributed by atoms with Gasteiger partial charge in [0, 0.05) is 6.04 Å². The molecule has 1 aliphatic carbocycles. The number of hydrogen-bond acceptors (Lipinski definition) is 3. The molecule has 7 heteroatoms. The van der Waals surface area contributed by atoms with Gasteiger partial charge in [0.25, 0.3) is 5.91 Å². The summed E-state index contributed by atoms with van der Waals surface area (Å²) in [5.41, 5.74) is 0.604. The van der Waals surface area contributed by atoms with E-state index in [1.807, 2.05) is 11.1 Å². The fraction of sp³-hybridized carbons (Fsp3) is 0.438. The smallest absolute Gasteiger partial charge is 0.257 e. The van der Waals surface area contributed by atoms with Crippen molar-refractivity contribution in [2.24, 2.45) is 10.9 Å². The molecule has 1 atom stereocenters. The number of anilines is 1. The predicted octanol–water partition coefficient (Wildman–Crippen LogP) is 3.42. The Hall–Kier alpha value is -1.77. The van der Waals surface area contributed by atoms with Gasteiger partial charge in [0.1, 0.15) is 6.04 Å². The summed E-state index contributed by atoms with van der Waals surface area (Å²) >= 11 is 12.1. The maximum absolute atomic E-state index is 13.0. The molecular formula is C16H14Cl2N4O. The molecule has 4 fully saturated rings. The summed E-state index contributed by atoms with van der Waals surface area (Å²) < 4.78 is 0. The number of carbonyl (C=O) groups is 1. The van der Waals surface area contributed by atoms with Gasteiger partial charge < -0.3 is 4.90 Å². The van der Waals surface area contributed by atoms with Gasteiger partial charge in [-0.15, -0.1) is 4.99 Å².